The number of aromatic nitrogens is 4. The summed E-state index contributed by atoms with van der Waals surface area (Å²) in [5, 5.41) is 3.94. The Hall–Kier alpha value is -2.59. The fourth-order valence-corrected chi connectivity index (χ4v) is 4.47. The van der Waals surface area contributed by atoms with E-state index < -0.39 is 15.8 Å². The van der Waals surface area contributed by atoms with Crippen LogP contribution in [0.4, 0.5) is 10.2 Å². The Kier molecular flexibility index (Phi) is 4.98. The van der Waals surface area contributed by atoms with E-state index in [-0.39, 0.29) is 17.9 Å². The van der Waals surface area contributed by atoms with Gasteiger partial charge in [0.05, 0.1) is 12.5 Å². The molecule has 0 aromatic carbocycles. The minimum atomic E-state index is -3.35. The molecule has 148 valence electrons. The van der Waals surface area contributed by atoms with Crippen LogP contribution < -0.4 is 10.0 Å². The second-order valence-corrected chi connectivity index (χ2v) is 8.80. The number of halogens is 1. The van der Waals surface area contributed by atoms with Crippen LogP contribution >= 0.6 is 0 Å². The first-order chi connectivity index (χ1) is 13.4. The van der Waals surface area contributed by atoms with Crippen LogP contribution in [-0.4, -0.2) is 46.7 Å². The third-order valence-corrected chi connectivity index (χ3v) is 5.62. The van der Waals surface area contributed by atoms with Gasteiger partial charge in [-0.05, 0) is 25.0 Å². The molecule has 10 heteroatoms. The second kappa shape index (κ2) is 7.44. The molecule has 28 heavy (non-hydrogen) atoms. The number of pyridine rings is 1. The summed E-state index contributed by atoms with van der Waals surface area (Å²) in [6.07, 6.45) is 8.96. The first-order valence-corrected chi connectivity index (χ1v) is 11.0. The van der Waals surface area contributed by atoms with Gasteiger partial charge in [0.15, 0.2) is 17.5 Å². The predicted molar refractivity (Wildman–Crippen MR) is 105 cm³/mol. The van der Waals surface area contributed by atoms with E-state index in [1.165, 1.54) is 0 Å². The van der Waals surface area contributed by atoms with Gasteiger partial charge in [-0.25, -0.2) is 32.5 Å². The number of fused-ring (bicyclic) bond motifs is 1. The molecule has 8 nitrogen and oxygen atoms in total. The van der Waals surface area contributed by atoms with Crippen molar-refractivity contribution in [1.82, 2.24) is 24.7 Å². The summed E-state index contributed by atoms with van der Waals surface area (Å²) in [6, 6.07) is 3.15. The SMILES string of the molecule is CS(=O)(=O)N[C@@H]1CCCC[C@@H]1Nc1nc(-c2c[nH]c3ncccc23)ncc1F. The molecule has 1 saturated carbocycles. The number of rotatable bonds is 5. The first kappa shape index (κ1) is 18.8. The lowest BCUT2D eigenvalue weighted by atomic mass is 9.91. The Labute approximate surface area is 162 Å². The highest BCUT2D eigenvalue weighted by molar-refractivity contribution is 7.88. The summed E-state index contributed by atoms with van der Waals surface area (Å²) in [6.45, 7) is 0. The average molecular weight is 404 g/mol. The summed E-state index contributed by atoms with van der Waals surface area (Å²) >= 11 is 0. The van der Waals surface area contributed by atoms with Crippen molar-refractivity contribution in [3.8, 4) is 11.4 Å². The molecule has 3 heterocycles. The number of nitrogens with one attached hydrogen (secondary N) is 3. The third-order valence-electron chi connectivity index (χ3n) is 4.89. The second-order valence-electron chi connectivity index (χ2n) is 7.02. The number of sulfonamides is 1. The molecule has 0 radical (unpaired) electrons. The maximum atomic E-state index is 14.4. The Morgan fingerprint density at radius 1 is 1.21 bits per heavy atom. The summed E-state index contributed by atoms with van der Waals surface area (Å²) in [5.74, 6) is -0.146. The van der Waals surface area contributed by atoms with E-state index in [4.69, 9.17) is 0 Å². The topological polar surface area (TPSA) is 113 Å². The average Bonchev–Trinajstić information content (AvgIpc) is 3.08. The highest BCUT2D eigenvalue weighted by Gasteiger charge is 2.28. The number of aromatic amines is 1. The van der Waals surface area contributed by atoms with E-state index in [2.05, 4.69) is 30.0 Å². The van der Waals surface area contributed by atoms with Gasteiger partial charge >= 0.3 is 0 Å². The van der Waals surface area contributed by atoms with Crippen LogP contribution in [0.25, 0.3) is 22.4 Å². The Bertz CT molecular complexity index is 1100. The number of H-pyrrole nitrogens is 1. The van der Waals surface area contributed by atoms with Crippen molar-refractivity contribution in [2.75, 3.05) is 11.6 Å². The summed E-state index contributed by atoms with van der Waals surface area (Å²) < 4.78 is 40.3. The molecule has 1 aliphatic rings. The fourth-order valence-electron chi connectivity index (χ4n) is 3.63. The van der Waals surface area contributed by atoms with Crippen molar-refractivity contribution in [3.05, 3.63) is 36.5 Å². The normalized spacial score (nSPS) is 20.4. The van der Waals surface area contributed by atoms with Gasteiger partial charge in [0.25, 0.3) is 0 Å². The highest BCUT2D eigenvalue weighted by atomic mass is 32.2. The zero-order valence-electron chi connectivity index (χ0n) is 15.3. The minimum absolute atomic E-state index is 0.0652. The van der Waals surface area contributed by atoms with Crippen molar-refractivity contribution >= 4 is 26.9 Å². The van der Waals surface area contributed by atoms with Crippen LogP contribution in [0.1, 0.15) is 25.7 Å². The predicted octanol–water partition coefficient (Wildman–Crippen LogP) is 2.43. The molecule has 2 atom stereocenters. The van der Waals surface area contributed by atoms with Crippen molar-refractivity contribution in [3.63, 3.8) is 0 Å². The van der Waals surface area contributed by atoms with E-state index in [1.807, 2.05) is 12.1 Å². The summed E-state index contributed by atoms with van der Waals surface area (Å²) in [5.41, 5.74) is 1.42. The molecule has 3 aromatic heterocycles. The highest BCUT2D eigenvalue weighted by Crippen LogP contribution is 2.28. The molecule has 3 N–H and O–H groups in total. The van der Waals surface area contributed by atoms with Gasteiger partial charge in [-0.15, -0.1) is 0 Å². The summed E-state index contributed by atoms with van der Waals surface area (Å²) in [7, 11) is -3.35. The van der Waals surface area contributed by atoms with Crippen LogP contribution in [0.5, 0.6) is 0 Å². The fraction of sp³-hybridized carbons (Fsp3) is 0.389. The van der Waals surface area contributed by atoms with E-state index in [0.717, 1.165) is 42.7 Å². The molecule has 0 unspecified atom stereocenters. The largest absolute Gasteiger partial charge is 0.363 e. The van der Waals surface area contributed by atoms with Crippen molar-refractivity contribution in [2.24, 2.45) is 0 Å². The van der Waals surface area contributed by atoms with Gasteiger partial charge in [-0.2, -0.15) is 0 Å². The molecule has 4 rings (SSSR count). The van der Waals surface area contributed by atoms with Gasteiger partial charge in [-0.1, -0.05) is 12.8 Å². The molecular formula is C18H21FN6O2S. The summed E-state index contributed by atoms with van der Waals surface area (Å²) in [4.78, 5) is 15.8. The Morgan fingerprint density at radius 3 is 2.79 bits per heavy atom. The molecule has 1 fully saturated rings. The molecule has 0 aliphatic heterocycles. The lowest BCUT2D eigenvalue weighted by Crippen LogP contribution is -2.48. The van der Waals surface area contributed by atoms with E-state index in [9.17, 15) is 12.8 Å². The number of nitrogens with zero attached hydrogens (tertiary/aromatic N) is 3. The van der Waals surface area contributed by atoms with Crippen LogP contribution in [0, 0.1) is 5.82 Å². The van der Waals surface area contributed by atoms with Gasteiger partial charge in [0.1, 0.15) is 5.65 Å². The molecule has 0 bridgehead atoms. The standard InChI is InChI=1S/C18H21FN6O2S/c1-28(26,27)25-15-7-3-2-6-14(15)23-18-13(19)10-22-17(24-18)12-9-21-16-11(12)5-4-8-20-16/h4-5,8-10,14-15,25H,2-3,6-7H2,1H3,(H,20,21)(H,22,23,24)/t14-,15+/m0/s1. The van der Waals surface area contributed by atoms with E-state index in [1.54, 1.807) is 12.4 Å². The zero-order valence-corrected chi connectivity index (χ0v) is 16.1. The van der Waals surface area contributed by atoms with E-state index in [0.29, 0.717) is 17.9 Å². The van der Waals surface area contributed by atoms with Gasteiger partial charge in [0, 0.05) is 35.4 Å². The molecular weight excluding hydrogens is 383 g/mol. The molecule has 0 saturated heterocycles. The van der Waals surface area contributed by atoms with Crippen LogP contribution in [-0.2, 0) is 10.0 Å². The first-order valence-electron chi connectivity index (χ1n) is 9.09. The van der Waals surface area contributed by atoms with Crippen molar-refractivity contribution < 1.29 is 12.8 Å². The molecule has 0 spiro atoms. The lowest BCUT2D eigenvalue weighted by molar-refractivity contribution is 0.377. The molecule has 1 aliphatic carbocycles. The monoisotopic (exact) mass is 404 g/mol. The smallest absolute Gasteiger partial charge is 0.209 e. The van der Waals surface area contributed by atoms with Crippen LogP contribution in [0.2, 0.25) is 0 Å². The van der Waals surface area contributed by atoms with Crippen LogP contribution in [0.15, 0.2) is 30.7 Å². The van der Waals surface area contributed by atoms with Crippen molar-refractivity contribution in [2.45, 2.75) is 37.8 Å². The van der Waals surface area contributed by atoms with Gasteiger partial charge in [-0.3, -0.25) is 0 Å². The Balaban J connectivity index is 1.64. The molecule has 3 aromatic rings. The molecule has 0 amide bonds. The number of hydrogen-bond donors (Lipinski definition) is 3. The van der Waals surface area contributed by atoms with E-state index >= 15 is 0 Å². The lowest BCUT2D eigenvalue weighted by Gasteiger charge is -2.32. The van der Waals surface area contributed by atoms with Gasteiger partial charge in [0.2, 0.25) is 10.0 Å². The van der Waals surface area contributed by atoms with Crippen LogP contribution in [0.3, 0.4) is 0 Å². The quantitative estimate of drug-likeness (QED) is 0.602. The zero-order chi connectivity index (χ0) is 19.7. The van der Waals surface area contributed by atoms with Crippen molar-refractivity contribution in [1.29, 1.82) is 0 Å². The number of hydrogen-bond acceptors (Lipinski definition) is 6. The number of anilines is 1. The third kappa shape index (κ3) is 3.97. The maximum Gasteiger partial charge on any atom is 0.209 e. The maximum absolute atomic E-state index is 14.4. The van der Waals surface area contributed by atoms with Gasteiger partial charge < -0.3 is 10.3 Å². The minimum Gasteiger partial charge on any atom is -0.363 e. The Morgan fingerprint density at radius 2 is 2.00 bits per heavy atom.